The molecule has 0 saturated heterocycles. The van der Waals surface area contributed by atoms with E-state index in [1.165, 1.54) is 11.8 Å². The van der Waals surface area contributed by atoms with E-state index in [9.17, 15) is 4.79 Å². The minimum atomic E-state index is -0.491. The summed E-state index contributed by atoms with van der Waals surface area (Å²) in [6, 6.07) is 11.2. The molecular formula is C19H18N4O3S. The smallest absolute Gasteiger partial charge is 0.251 e. The Balaban J connectivity index is 1.23. The predicted molar refractivity (Wildman–Crippen MR) is 101 cm³/mol. The average Bonchev–Trinajstić information content (AvgIpc) is 3.38. The van der Waals surface area contributed by atoms with Crippen LogP contribution in [0.3, 0.4) is 0 Å². The number of carbonyl (C=O) groups is 1. The number of amides is 1. The van der Waals surface area contributed by atoms with Gasteiger partial charge in [0.2, 0.25) is 5.91 Å². The monoisotopic (exact) mass is 382 g/mol. The van der Waals surface area contributed by atoms with Gasteiger partial charge in [0.1, 0.15) is 0 Å². The minimum absolute atomic E-state index is 0.109. The highest BCUT2D eigenvalue weighted by molar-refractivity contribution is 7.99. The summed E-state index contributed by atoms with van der Waals surface area (Å²) >= 11 is 1.35. The zero-order chi connectivity index (χ0) is 18.3. The molecule has 1 spiro atoms. The van der Waals surface area contributed by atoms with E-state index in [4.69, 9.17) is 9.47 Å². The number of ether oxygens (including phenoxy) is 2. The van der Waals surface area contributed by atoms with E-state index in [1.54, 1.807) is 0 Å². The van der Waals surface area contributed by atoms with Gasteiger partial charge in [-0.3, -0.25) is 9.20 Å². The standard InChI is InChI=1S/C19H18N4O3S/c24-17(12-27-18-22-21-16-5-1-4-10-23(16)18)20-13-6-7-14-15(11-13)26-19(25-14)8-2-3-9-19/h1,4-7,10-11H,2-3,8-9,12H2,(H,20,24). The first-order valence-corrected chi connectivity index (χ1v) is 9.94. The summed E-state index contributed by atoms with van der Waals surface area (Å²) in [5.74, 6) is 1.09. The Morgan fingerprint density at radius 2 is 2.00 bits per heavy atom. The third-order valence-corrected chi connectivity index (χ3v) is 5.74. The number of fused-ring (bicyclic) bond motifs is 2. The molecule has 1 N–H and O–H groups in total. The molecule has 1 aliphatic carbocycles. The highest BCUT2D eigenvalue weighted by Gasteiger charge is 2.44. The zero-order valence-electron chi connectivity index (χ0n) is 14.6. The number of hydrogen-bond acceptors (Lipinski definition) is 6. The van der Waals surface area contributed by atoms with Crippen LogP contribution >= 0.6 is 11.8 Å². The molecule has 7 nitrogen and oxygen atoms in total. The van der Waals surface area contributed by atoms with Gasteiger partial charge in [0, 0.05) is 30.8 Å². The molecule has 1 fully saturated rings. The van der Waals surface area contributed by atoms with Gasteiger partial charge in [0.15, 0.2) is 22.3 Å². The van der Waals surface area contributed by atoms with Crippen LogP contribution in [0, 0.1) is 0 Å². The highest BCUT2D eigenvalue weighted by Crippen LogP contribution is 2.47. The van der Waals surface area contributed by atoms with Gasteiger partial charge in [-0.05, 0) is 37.1 Å². The van der Waals surface area contributed by atoms with Crippen molar-refractivity contribution in [1.82, 2.24) is 14.6 Å². The molecule has 0 atom stereocenters. The molecule has 0 unspecified atom stereocenters. The molecule has 2 aliphatic rings. The van der Waals surface area contributed by atoms with Gasteiger partial charge in [-0.2, -0.15) is 0 Å². The molecule has 5 rings (SSSR count). The lowest BCUT2D eigenvalue weighted by molar-refractivity contribution is -0.113. The van der Waals surface area contributed by atoms with Crippen molar-refractivity contribution in [2.75, 3.05) is 11.1 Å². The number of benzene rings is 1. The Bertz CT molecular complexity index is 1010. The number of rotatable bonds is 4. The van der Waals surface area contributed by atoms with Crippen LogP contribution in [-0.4, -0.2) is 32.0 Å². The fraction of sp³-hybridized carbons (Fsp3) is 0.316. The Labute approximate surface area is 160 Å². The molecule has 3 aromatic rings. The van der Waals surface area contributed by atoms with E-state index in [2.05, 4.69) is 15.5 Å². The van der Waals surface area contributed by atoms with Crippen molar-refractivity contribution in [1.29, 1.82) is 0 Å². The molecule has 2 aromatic heterocycles. The molecule has 8 heteroatoms. The Hall–Kier alpha value is -2.74. The summed E-state index contributed by atoms with van der Waals surface area (Å²) in [5, 5.41) is 11.8. The summed E-state index contributed by atoms with van der Waals surface area (Å²) in [7, 11) is 0. The quantitative estimate of drug-likeness (QED) is 0.696. The second kappa shape index (κ2) is 6.45. The second-order valence-electron chi connectivity index (χ2n) is 6.73. The molecule has 1 saturated carbocycles. The van der Waals surface area contributed by atoms with E-state index in [0.717, 1.165) is 37.1 Å². The van der Waals surface area contributed by atoms with Gasteiger partial charge >= 0.3 is 0 Å². The van der Waals surface area contributed by atoms with E-state index >= 15 is 0 Å². The van der Waals surface area contributed by atoms with Crippen LogP contribution in [0.5, 0.6) is 11.5 Å². The van der Waals surface area contributed by atoms with Gasteiger partial charge in [-0.25, -0.2) is 0 Å². The summed E-state index contributed by atoms with van der Waals surface area (Å²) in [5.41, 5.74) is 1.46. The zero-order valence-corrected chi connectivity index (χ0v) is 15.4. The maximum absolute atomic E-state index is 12.3. The molecule has 1 aromatic carbocycles. The molecule has 3 heterocycles. The molecular weight excluding hydrogens is 364 g/mol. The maximum Gasteiger partial charge on any atom is 0.251 e. The fourth-order valence-corrected chi connectivity index (χ4v) is 4.26. The van der Waals surface area contributed by atoms with Crippen molar-refractivity contribution in [3.63, 3.8) is 0 Å². The molecule has 138 valence electrons. The van der Waals surface area contributed by atoms with Crippen molar-refractivity contribution in [3.8, 4) is 11.5 Å². The van der Waals surface area contributed by atoms with E-state index in [0.29, 0.717) is 16.6 Å². The number of nitrogens with one attached hydrogen (secondary N) is 1. The van der Waals surface area contributed by atoms with Crippen molar-refractivity contribution in [3.05, 3.63) is 42.6 Å². The van der Waals surface area contributed by atoms with Gasteiger partial charge in [0.25, 0.3) is 5.79 Å². The van der Waals surface area contributed by atoms with Crippen LogP contribution in [0.4, 0.5) is 5.69 Å². The molecule has 1 aliphatic heterocycles. The van der Waals surface area contributed by atoms with E-state index in [-0.39, 0.29) is 11.7 Å². The van der Waals surface area contributed by atoms with Gasteiger partial charge < -0.3 is 14.8 Å². The third-order valence-electron chi connectivity index (χ3n) is 4.80. The number of pyridine rings is 1. The SMILES string of the molecule is O=C(CSc1nnc2ccccn12)Nc1ccc2c(c1)OC1(CCCC1)O2. The largest absolute Gasteiger partial charge is 0.448 e. The van der Waals surface area contributed by atoms with E-state index < -0.39 is 5.79 Å². The Kier molecular flexibility index (Phi) is 3.93. The predicted octanol–water partition coefficient (Wildman–Crippen LogP) is 3.50. The number of hydrogen-bond donors (Lipinski definition) is 1. The number of nitrogens with zero attached hydrogens (tertiary/aromatic N) is 3. The van der Waals surface area contributed by atoms with Crippen LogP contribution in [0.1, 0.15) is 25.7 Å². The lowest BCUT2D eigenvalue weighted by Gasteiger charge is -2.21. The first kappa shape index (κ1) is 16.4. The van der Waals surface area contributed by atoms with Gasteiger partial charge in [0.05, 0.1) is 5.75 Å². The van der Waals surface area contributed by atoms with Crippen LogP contribution in [0.2, 0.25) is 0 Å². The van der Waals surface area contributed by atoms with Crippen LogP contribution in [-0.2, 0) is 4.79 Å². The number of aromatic nitrogens is 3. The van der Waals surface area contributed by atoms with Crippen LogP contribution < -0.4 is 14.8 Å². The maximum atomic E-state index is 12.3. The first-order valence-electron chi connectivity index (χ1n) is 8.95. The Morgan fingerprint density at radius 1 is 1.15 bits per heavy atom. The molecule has 27 heavy (non-hydrogen) atoms. The lowest BCUT2D eigenvalue weighted by Crippen LogP contribution is -2.34. The van der Waals surface area contributed by atoms with Crippen molar-refractivity contribution in [2.45, 2.75) is 36.6 Å². The van der Waals surface area contributed by atoms with Gasteiger partial charge in [-0.15, -0.1) is 10.2 Å². The van der Waals surface area contributed by atoms with Crippen LogP contribution in [0.15, 0.2) is 47.8 Å². The molecule has 1 amide bonds. The van der Waals surface area contributed by atoms with Crippen LogP contribution in [0.25, 0.3) is 5.65 Å². The molecule has 0 radical (unpaired) electrons. The average molecular weight is 382 g/mol. The lowest BCUT2D eigenvalue weighted by atomic mass is 10.2. The second-order valence-corrected chi connectivity index (χ2v) is 7.67. The summed E-state index contributed by atoms with van der Waals surface area (Å²) in [6.07, 6.45) is 5.93. The third kappa shape index (κ3) is 3.10. The highest BCUT2D eigenvalue weighted by atomic mass is 32.2. The van der Waals surface area contributed by atoms with Crippen molar-refractivity contribution in [2.24, 2.45) is 0 Å². The number of carbonyl (C=O) groups excluding carboxylic acids is 1. The minimum Gasteiger partial charge on any atom is -0.448 e. The number of anilines is 1. The Morgan fingerprint density at radius 3 is 2.89 bits per heavy atom. The summed E-state index contributed by atoms with van der Waals surface area (Å²) in [4.78, 5) is 12.3. The molecule has 0 bridgehead atoms. The normalized spacial score (nSPS) is 16.9. The topological polar surface area (TPSA) is 77.8 Å². The summed E-state index contributed by atoms with van der Waals surface area (Å²) in [6.45, 7) is 0. The van der Waals surface area contributed by atoms with E-state index in [1.807, 2.05) is 47.0 Å². The summed E-state index contributed by atoms with van der Waals surface area (Å²) < 4.78 is 13.9. The first-order chi connectivity index (χ1) is 13.2. The van der Waals surface area contributed by atoms with Crippen molar-refractivity contribution >= 4 is 29.0 Å². The number of thioether (sulfide) groups is 1. The van der Waals surface area contributed by atoms with Gasteiger partial charge in [-0.1, -0.05) is 17.8 Å². The van der Waals surface area contributed by atoms with Crippen molar-refractivity contribution < 1.29 is 14.3 Å². The fourth-order valence-electron chi connectivity index (χ4n) is 3.53.